The van der Waals surface area contributed by atoms with E-state index in [1.54, 1.807) is 17.1 Å². The van der Waals surface area contributed by atoms with Crippen LogP contribution in [-0.2, 0) is 7.05 Å². The van der Waals surface area contributed by atoms with E-state index in [9.17, 15) is 4.79 Å². The fraction of sp³-hybridized carbons (Fsp3) is 0.364. The largest absolute Gasteiger partial charge is 0.339 e. The lowest BCUT2D eigenvalue weighted by Crippen LogP contribution is -2.39. The first-order valence-corrected chi connectivity index (χ1v) is 9.95. The predicted octanol–water partition coefficient (Wildman–Crippen LogP) is 3.59. The number of nitrogens with one attached hydrogen (secondary N) is 1. The highest BCUT2D eigenvalue weighted by molar-refractivity contribution is 5.95. The van der Waals surface area contributed by atoms with Gasteiger partial charge >= 0.3 is 0 Å². The van der Waals surface area contributed by atoms with Gasteiger partial charge in [0.1, 0.15) is 5.82 Å². The first kappa shape index (κ1) is 19.1. The Labute approximate surface area is 170 Å². The van der Waals surface area contributed by atoms with Crippen LogP contribution in [0.4, 0.5) is 11.5 Å². The number of aryl methyl sites for hydroxylation is 3. The van der Waals surface area contributed by atoms with E-state index in [4.69, 9.17) is 0 Å². The molecule has 1 aliphatic rings. The molecule has 0 bridgehead atoms. The summed E-state index contributed by atoms with van der Waals surface area (Å²) in [5.74, 6) is 1.14. The first-order valence-electron chi connectivity index (χ1n) is 9.95. The minimum atomic E-state index is 0.0595. The highest BCUT2D eigenvalue weighted by atomic mass is 16.2. The van der Waals surface area contributed by atoms with Crippen molar-refractivity contribution in [1.82, 2.24) is 24.6 Å². The number of carbonyl (C=O) groups excluding carboxylic acids is 1. The number of hydrogen-bond donors (Lipinski definition) is 1. The molecule has 0 aromatic carbocycles. The van der Waals surface area contributed by atoms with Gasteiger partial charge in [-0.05, 0) is 50.5 Å². The van der Waals surface area contributed by atoms with Crippen molar-refractivity contribution in [1.29, 1.82) is 0 Å². The van der Waals surface area contributed by atoms with Gasteiger partial charge in [-0.15, -0.1) is 0 Å². The Balaban J connectivity index is 1.45. The SMILES string of the molecule is Cc1cccnc1Nc1ccc([C@@H]2CCCN(C(=O)c3cn(C)nc3C)C2)nc1. The minimum absolute atomic E-state index is 0.0595. The summed E-state index contributed by atoms with van der Waals surface area (Å²) in [5, 5.41) is 7.61. The van der Waals surface area contributed by atoms with Gasteiger partial charge in [0.15, 0.2) is 0 Å². The van der Waals surface area contributed by atoms with Gasteiger partial charge in [0.05, 0.1) is 23.1 Å². The van der Waals surface area contributed by atoms with Gasteiger partial charge in [-0.25, -0.2) is 4.98 Å². The Morgan fingerprint density at radius 1 is 1.21 bits per heavy atom. The van der Waals surface area contributed by atoms with E-state index in [1.165, 1.54) is 0 Å². The highest BCUT2D eigenvalue weighted by Crippen LogP contribution is 2.28. The third kappa shape index (κ3) is 4.13. The zero-order valence-corrected chi connectivity index (χ0v) is 17.1. The highest BCUT2D eigenvalue weighted by Gasteiger charge is 2.27. The molecular formula is C22H26N6O. The number of amides is 1. The van der Waals surface area contributed by atoms with E-state index in [0.717, 1.165) is 47.8 Å². The van der Waals surface area contributed by atoms with Crippen molar-refractivity contribution in [2.24, 2.45) is 7.05 Å². The van der Waals surface area contributed by atoms with Gasteiger partial charge in [0.25, 0.3) is 5.91 Å². The van der Waals surface area contributed by atoms with Gasteiger partial charge in [-0.1, -0.05) is 6.07 Å². The maximum absolute atomic E-state index is 12.9. The third-order valence-corrected chi connectivity index (χ3v) is 5.43. The lowest BCUT2D eigenvalue weighted by Gasteiger charge is -2.32. The van der Waals surface area contributed by atoms with Crippen LogP contribution < -0.4 is 5.32 Å². The molecular weight excluding hydrogens is 364 g/mol. The fourth-order valence-electron chi connectivity index (χ4n) is 3.86. The molecule has 0 unspecified atom stereocenters. The maximum atomic E-state index is 12.9. The van der Waals surface area contributed by atoms with E-state index in [-0.39, 0.29) is 11.8 Å². The van der Waals surface area contributed by atoms with E-state index < -0.39 is 0 Å². The van der Waals surface area contributed by atoms with Crippen LogP contribution in [0.15, 0.2) is 42.9 Å². The van der Waals surface area contributed by atoms with Crippen molar-refractivity contribution in [3.63, 3.8) is 0 Å². The van der Waals surface area contributed by atoms with Crippen molar-refractivity contribution < 1.29 is 4.79 Å². The van der Waals surface area contributed by atoms with E-state index in [0.29, 0.717) is 12.1 Å². The molecule has 29 heavy (non-hydrogen) atoms. The minimum Gasteiger partial charge on any atom is -0.339 e. The number of piperidine rings is 1. The molecule has 1 fully saturated rings. The fourth-order valence-corrected chi connectivity index (χ4v) is 3.86. The van der Waals surface area contributed by atoms with E-state index in [2.05, 4.69) is 26.4 Å². The molecule has 4 rings (SSSR count). The Morgan fingerprint density at radius 3 is 2.76 bits per heavy atom. The number of carbonyl (C=O) groups is 1. The number of aromatic nitrogens is 4. The number of anilines is 2. The van der Waals surface area contributed by atoms with Crippen molar-refractivity contribution >= 4 is 17.4 Å². The van der Waals surface area contributed by atoms with Crippen molar-refractivity contribution in [2.45, 2.75) is 32.6 Å². The lowest BCUT2D eigenvalue weighted by atomic mass is 9.93. The molecule has 1 amide bonds. The standard InChI is InChI=1S/C22H26N6O/c1-15-6-4-10-23-21(15)25-18-8-9-20(24-12-18)17-7-5-11-28(13-17)22(29)19-14-27(3)26-16(19)2/h4,6,8-10,12,14,17H,5,7,11,13H2,1-3H3,(H,23,25)/t17-/m1/s1. The van der Waals surface area contributed by atoms with E-state index >= 15 is 0 Å². The number of nitrogens with zero attached hydrogens (tertiary/aromatic N) is 5. The molecule has 4 heterocycles. The molecule has 0 saturated carbocycles. The van der Waals surface area contributed by atoms with Gasteiger partial charge < -0.3 is 10.2 Å². The van der Waals surface area contributed by atoms with Crippen molar-refractivity contribution in [2.75, 3.05) is 18.4 Å². The van der Waals surface area contributed by atoms with Crippen LogP contribution >= 0.6 is 0 Å². The maximum Gasteiger partial charge on any atom is 0.257 e. The molecule has 0 spiro atoms. The van der Waals surface area contributed by atoms with Gasteiger partial charge in [0, 0.05) is 44.1 Å². The number of pyridine rings is 2. The summed E-state index contributed by atoms with van der Waals surface area (Å²) in [7, 11) is 1.84. The first-order chi connectivity index (χ1) is 14.0. The number of rotatable bonds is 4. The molecule has 150 valence electrons. The summed E-state index contributed by atoms with van der Waals surface area (Å²) in [6.07, 6.45) is 7.43. The number of likely N-dealkylation sites (tertiary alicyclic amines) is 1. The smallest absolute Gasteiger partial charge is 0.257 e. The second-order valence-electron chi connectivity index (χ2n) is 7.66. The summed E-state index contributed by atoms with van der Waals surface area (Å²) >= 11 is 0. The summed E-state index contributed by atoms with van der Waals surface area (Å²) in [6.45, 7) is 5.37. The van der Waals surface area contributed by atoms with Crippen LogP contribution in [0, 0.1) is 13.8 Å². The van der Waals surface area contributed by atoms with Gasteiger partial charge in [-0.2, -0.15) is 5.10 Å². The van der Waals surface area contributed by atoms with Crippen LogP contribution in [0.1, 0.15) is 46.1 Å². The topological polar surface area (TPSA) is 75.9 Å². The molecule has 1 atom stereocenters. The quantitative estimate of drug-likeness (QED) is 0.737. The van der Waals surface area contributed by atoms with Crippen molar-refractivity contribution in [3.05, 3.63) is 65.4 Å². The average Bonchev–Trinajstić information content (AvgIpc) is 3.08. The number of hydrogen-bond acceptors (Lipinski definition) is 5. The lowest BCUT2D eigenvalue weighted by molar-refractivity contribution is 0.0705. The van der Waals surface area contributed by atoms with Crippen LogP contribution in [-0.4, -0.2) is 43.6 Å². The molecule has 1 saturated heterocycles. The van der Waals surface area contributed by atoms with E-state index in [1.807, 2.05) is 50.2 Å². The molecule has 0 aliphatic carbocycles. The zero-order chi connectivity index (χ0) is 20.4. The molecule has 1 aliphatic heterocycles. The van der Waals surface area contributed by atoms with Crippen LogP contribution in [0.2, 0.25) is 0 Å². The molecule has 3 aromatic heterocycles. The third-order valence-electron chi connectivity index (χ3n) is 5.43. The second-order valence-corrected chi connectivity index (χ2v) is 7.66. The average molecular weight is 390 g/mol. The predicted molar refractivity (Wildman–Crippen MR) is 112 cm³/mol. The molecule has 3 aromatic rings. The normalized spacial score (nSPS) is 16.7. The van der Waals surface area contributed by atoms with Crippen molar-refractivity contribution in [3.8, 4) is 0 Å². The van der Waals surface area contributed by atoms with Crippen LogP contribution in [0.3, 0.4) is 0 Å². The van der Waals surface area contributed by atoms with Gasteiger partial charge in [0.2, 0.25) is 0 Å². The Bertz CT molecular complexity index is 1010. The summed E-state index contributed by atoms with van der Waals surface area (Å²) in [5.41, 5.74) is 4.48. The van der Waals surface area contributed by atoms with Crippen LogP contribution in [0.5, 0.6) is 0 Å². The van der Waals surface area contributed by atoms with Gasteiger partial charge in [-0.3, -0.25) is 14.5 Å². The molecule has 7 heteroatoms. The molecule has 0 radical (unpaired) electrons. The molecule has 7 nitrogen and oxygen atoms in total. The second kappa shape index (κ2) is 8.03. The zero-order valence-electron chi connectivity index (χ0n) is 17.1. The van der Waals surface area contributed by atoms with Crippen LogP contribution in [0.25, 0.3) is 0 Å². The Morgan fingerprint density at radius 2 is 2.07 bits per heavy atom. The Hall–Kier alpha value is -3.22. The summed E-state index contributed by atoms with van der Waals surface area (Å²) in [4.78, 5) is 23.9. The summed E-state index contributed by atoms with van der Waals surface area (Å²) < 4.78 is 1.70. The Kier molecular flexibility index (Phi) is 5.29. The monoisotopic (exact) mass is 390 g/mol. The molecule has 1 N–H and O–H groups in total. The summed E-state index contributed by atoms with van der Waals surface area (Å²) in [6, 6.07) is 8.02.